The van der Waals surface area contributed by atoms with Crippen molar-refractivity contribution in [3.05, 3.63) is 38.3 Å². The summed E-state index contributed by atoms with van der Waals surface area (Å²) >= 11 is 6.94. The number of aryl methyl sites for hydroxylation is 1. The molecule has 1 aromatic heterocycles. The van der Waals surface area contributed by atoms with Crippen LogP contribution >= 0.6 is 22.9 Å². The molecule has 20 heavy (non-hydrogen) atoms. The van der Waals surface area contributed by atoms with Crippen LogP contribution in [0.5, 0.6) is 0 Å². The van der Waals surface area contributed by atoms with Gasteiger partial charge < -0.3 is 0 Å². The van der Waals surface area contributed by atoms with Crippen molar-refractivity contribution in [3.63, 3.8) is 0 Å². The predicted molar refractivity (Wildman–Crippen MR) is 76.4 cm³/mol. The Balaban J connectivity index is 2.07. The van der Waals surface area contributed by atoms with Gasteiger partial charge in [0.2, 0.25) is 4.47 Å². The van der Waals surface area contributed by atoms with Gasteiger partial charge >= 0.3 is 0 Å². The molecular formula is C13H10ClN3O2S. The number of aromatic nitrogens is 2. The molecule has 0 spiro atoms. The molecule has 0 N–H and O–H groups in total. The molecular weight excluding hydrogens is 298 g/mol. The molecule has 0 saturated heterocycles. The molecule has 102 valence electrons. The highest BCUT2D eigenvalue weighted by molar-refractivity contribution is 7.15. The number of Topliss-reactive ketones (excluding diaryl/α,β-unsaturated/α-hetero) is 1. The van der Waals surface area contributed by atoms with E-state index < -0.39 is 11.7 Å². The number of ketones is 1. The summed E-state index contributed by atoms with van der Waals surface area (Å²) in [6.07, 6.45) is 0. The second kappa shape index (κ2) is 4.64. The van der Waals surface area contributed by atoms with Crippen molar-refractivity contribution in [1.82, 2.24) is 10.2 Å². The fraction of sp³-hybridized carbons (Fsp3) is 0.231. The fourth-order valence-electron chi connectivity index (χ4n) is 2.25. The summed E-state index contributed by atoms with van der Waals surface area (Å²) < 4.78 is 0.319. The average molecular weight is 308 g/mol. The maximum absolute atomic E-state index is 12.1. The van der Waals surface area contributed by atoms with Crippen LogP contribution in [0.4, 0.5) is 5.69 Å². The van der Waals surface area contributed by atoms with Crippen molar-refractivity contribution in [2.75, 3.05) is 4.90 Å². The van der Waals surface area contributed by atoms with Crippen molar-refractivity contribution in [2.24, 2.45) is 0 Å². The summed E-state index contributed by atoms with van der Waals surface area (Å²) in [5.41, 5.74) is 3.09. The molecule has 0 atom stereocenters. The lowest BCUT2D eigenvalue weighted by Gasteiger charge is -2.17. The van der Waals surface area contributed by atoms with Gasteiger partial charge in [-0.05, 0) is 42.6 Å². The van der Waals surface area contributed by atoms with E-state index in [1.165, 1.54) is 16.2 Å². The van der Waals surface area contributed by atoms with Crippen LogP contribution in [-0.2, 0) is 11.3 Å². The number of nitrogens with zero attached hydrogens (tertiary/aromatic N) is 3. The second-order valence-electron chi connectivity index (χ2n) is 4.57. The lowest BCUT2D eigenvalue weighted by atomic mass is 10.0. The SMILES string of the molecule is Cc1ccc2c(c1C)N(Cc1nnc(Cl)s1)C(=O)C2=O. The van der Waals surface area contributed by atoms with Gasteiger partial charge in [0.25, 0.3) is 11.7 Å². The molecule has 0 saturated carbocycles. The Kier molecular flexibility index (Phi) is 3.07. The minimum Gasteiger partial charge on any atom is -0.298 e. The Hall–Kier alpha value is -1.79. The quantitative estimate of drug-likeness (QED) is 0.800. The highest BCUT2D eigenvalue weighted by Crippen LogP contribution is 2.35. The highest BCUT2D eigenvalue weighted by atomic mass is 35.5. The number of hydrogen-bond donors (Lipinski definition) is 0. The lowest BCUT2D eigenvalue weighted by molar-refractivity contribution is -0.114. The normalized spacial score (nSPS) is 14.1. The maximum Gasteiger partial charge on any atom is 0.299 e. The number of rotatable bonds is 2. The summed E-state index contributed by atoms with van der Waals surface area (Å²) in [6.45, 7) is 4.06. The number of fused-ring (bicyclic) bond motifs is 1. The molecule has 1 amide bonds. The molecule has 2 aromatic rings. The molecule has 7 heteroatoms. The van der Waals surface area contributed by atoms with E-state index in [2.05, 4.69) is 10.2 Å². The summed E-state index contributed by atoms with van der Waals surface area (Å²) in [7, 11) is 0. The van der Waals surface area contributed by atoms with E-state index in [4.69, 9.17) is 11.6 Å². The van der Waals surface area contributed by atoms with Crippen LogP contribution < -0.4 is 4.90 Å². The molecule has 0 radical (unpaired) electrons. The molecule has 1 aliphatic rings. The van der Waals surface area contributed by atoms with Crippen LogP contribution in [0.3, 0.4) is 0 Å². The van der Waals surface area contributed by atoms with Gasteiger partial charge in [-0.3, -0.25) is 14.5 Å². The number of hydrogen-bond acceptors (Lipinski definition) is 5. The molecule has 5 nitrogen and oxygen atoms in total. The van der Waals surface area contributed by atoms with Crippen molar-refractivity contribution >= 4 is 40.3 Å². The summed E-state index contributed by atoms with van der Waals surface area (Å²) in [4.78, 5) is 25.6. The van der Waals surface area contributed by atoms with Gasteiger partial charge in [0, 0.05) is 0 Å². The molecule has 0 aliphatic carbocycles. The molecule has 0 fully saturated rings. The molecule has 1 aromatic carbocycles. The third-order valence-corrected chi connectivity index (χ3v) is 4.39. The van der Waals surface area contributed by atoms with Gasteiger partial charge in [-0.2, -0.15) is 0 Å². The number of anilines is 1. The summed E-state index contributed by atoms with van der Waals surface area (Å²) in [5, 5.41) is 8.21. The Morgan fingerprint density at radius 1 is 1.25 bits per heavy atom. The van der Waals surface area contributed by atoms with Crippen molar-refractivity contribution in [2.45, 2.75) is 20.4 Å². The molecule has 0 bridgehead atoms. The van der Waals surface area contributed by atoms with Crippen molar-refractivity contribution in [1.29, 1.82) is 0 Å². The van der Waals surface area contributed by atoms with E-state index in [-0.39, 0.29) is 6.54 Å². The van der Waals surface area contributed by atoms with Crippen LogP contribution in [0.2, 0.25) is 4.47 Å². The zero-order valence-electron chi connectivity index (χ0n) is 10.8. The van der Waals surface area contributed by atoms with Gasteiger partial charge in [-0.15, -0.1) is 10.2 Å². The van der Waals surface area contributed by atoms with Crippen LogP contribution in [0.25, 0.3) is 0 Å². The van der Waals surface area contributed by atoms with Crippen molar-refractivity contribution in [3.8, 4) is 0 Å². The number of carbonyl (C=O) groups is 2. The van der Waals surface area contributed by atoms with E-state index >= 15 is 0 Å². The fourth-order valence-corrected chi connectivity index (χ4v) is 3.11. The molecule has 0 unspecified atom stereocenters. The Labute approximate surface area is 124 Å². The summed E-state index contributed by atoms with van der Waals surface area (Å²) in [6, 6.07) is 3.55. The van der Waals surface area contributed by atoms with Crippen LogP contribution in [-0.4, -0.2) is 21.9 Å². The van der Waals surface area contributed by atoms with Crippen LogP contribution in [0.15, 0.2) is 12.1 Å². The zero-order valence-corrected chi connectivity index (χ0v) is 12.4. The van der Waals surface area contributed by atoms with Gasteiger partial charge in [0.15, 0.2) is 0 Å². The number of benzene rings is 1. The largest absolute Gasteiger partial charge is 0.299 e. The first-order valence-corrected chi connectivity index (χ1v) is 7.12. The Morgan fingerprint density at radius 3 is 2.65 bits per heavy atom. The first-order chi connectivity index (χ1) is 9.49. The van der Waals surface area contributed by atoms with Crippen LogP contribution in [0, 0.1) is 13.8 Å². The van der Waals surface area contributed by atoms with Gasteiger partial charge in [-0.1, -0.05) is 17.4 Å². The Morgan fingerprint density at radius 2 is 2.00 bits per heavy atom. The minimum absolute atomic E-state index is 0.215. The standard InChI is InChI=1S/C13H10ClN3O2S/c1-6-3-4-8-10(7(6)2)17(12(19)11(8)18)5-9-15-16-13(14)20-9/h3-4H,5H2,1-2H3. The number of carbonyl (C=O) groups excluding carboxylic acids is 2. The van der Waals surface area contributed by atoms with E-state index in [1.54, 1.807) is 6.07 Å². The third kappa shape index (κ3) is 1.92. The van der Waals surface area contributed by atoms with E-state index in [1.807, 2.05) is 19.9 Å². The predicted octanol–water partition coefficient (Wildman–Crippen LogP) is 2.54. The zero-order chi connectivity index (χ0) is 14.4. The van der Waals surface area contributed by atoms with Crippen molar-refractivity contribution < 1.29 is 9.59 Å². The van der Waals surface area contributed by atoms with Gasteiger partial charge in [-0.25, -0.2) is 0 Å². The first-order valence-electron chi connectivity index (χ1n) is 5.93. The summed E-state index contributed by atoms with van der Waals surface area (Å²) in [5.74, 6) is -1.00. The molecule has 3 rings (SSSR count). The monoisotopic (exact) mass is 307 g/mol. The highest BCUT2D eigenvalue weighted by Gasteiger charge is 2.37. The van der Waals surface area contributed by atoms with E-state index in [9.17, 15) is 9.59 Å². The second-order valence-corrected chi connectivity index (χ2v) is 6.22. The maximum atomic E-state index is 12.1. The molecule has 2 heterocycles. The average Bonchev–Trinajstić information content (AvgIpc) is 2.92. The van der Waals surface area contributed by atoms with Crippen LogP contribution in [0.1, 0.15) is 26.5 Å². The molecule has 1 aliphatic heterocycles. The minimum atomic E-state index is -0.528. The van der Waals surface area contributed by atoms with E-state index in [0.717, 1.165) is 11.1 Å². The van der Waals surface area contributed by atoms with Gasteiger partial charge in [0.05, 0.1) is 17.8 Å². The third-order valence-electron chi connectivity index (χ3n) is 3.39. The smallest absolute Gasteiger partial charge is 0.298 e. The lowest BCUT2D eigenvalue weighted by Crippen LogP contribution is -2.29. The van der Waals surface area contributed by atoms with Gasteiger partial charge in [0.1, 0.15) is 5.01 Å². The van der Waals surface area contributed by atoms with E-state index in [0.29, 0.717) is 20.7 Å². The first kappa shape index (κ1) is 13.2. The number of halogens is 1. The Bertz CT molecular complexity index is 741. The number of amides is 1. The topological polar surface area (TPSA) is 63.2 Å².